The van der Waals surface area contributed by atoms with Crippen LogP contribution in [0.5, 0.6) is 0 Å². The number of benzene rings is 2. The van der Waals surface area contributed by atoms with Crippen molar-refractivity contribution in [2.45, 2.75) is 19.5 Å². The number of nitrogens with zero attached hydrogens (tertiary/aromatic N) is 1. The molecule has 2 rings (SSSR count). The molecule has 110 valence electrons. The van der Waals surface area contributed by atoms with E-state index in [-0.39, 0.29) is 6.42 Å². The molecule has 0 unspecified atom stereocenters. The Morgan fingerprint density at radius 2 is 1.52 bits per heavy atom. The molecule has 0 spiro atoms. The van der Waals surface area contributed by atoms with Gasteiger partial charge >= 0.3 is 5.97 Å². The summed E-state index contributed by atoms with van der Waals surface area (Å²) < 4.78 is 1.09. The summed E-state index contributed by atoms with van der Waals surface area (Å²) in [7, 11) is 2.04. The summed E-state index contributed by atoms with van der Waals surface area (Å²) in [5.74, 6) is -0.795. The zero-order chi connectivity index (χ0) is 15.2. The van der Waals surface area contributed by atoms with Crippen molar-refractivity contribution < 1.29 is 9.90 Å². The van der Waals surface area contributed by atoms with Gasteiger partial charge in [0.1, 0.15) is 0 Å². The van der Waals surface area contributed by atoms with E-state index in [2.05, 4.69) is 26.9 Å². The first-order chi connectivity index (χ1) is 10.1. The highest BCUT2D eigenvalue weighted by Crippen LogP contribution is 2.19. The van der Waals surface area contributed by atoms with Gasteiger partial charge in [0.15, 0.2) is 0 Å². The van der Waals surface area contributed by atoms with Crippen LogP contribution in [0.3, 0.4) is 0 Å². The minimum atomic E-state index is -0.795. The van der Waals surface area contributed by atoms with Crippen molar-refractivity contribution in [2.75, 3.05) is 7.05 Å². The number of aliphatic carboxylic acids is 1. The lowest BCUT2D eigenvalue weighted by Gasteiger charge is -2.19. The first-order valence-electron chi connectivity index (χ1n) is 6.77. The van der Waals surface area contributed by atoms with E-state index in [0.29, 0.717) is 0 Å². The molecule has 0 heterocycles. The van der Waals surface area contributed by atoms with E-state index in [1.807, 2.05) is 49.5 Å². The second kappa shape index (κ2) is 7.38. The van der Waals surface area contributed by atoms with Gasteiger partial charge in [-0.3, -0.25) is 9.69 Å². The van der Waals surface area contributed by atoms with Crippen LogP contribution in [-0.2, 0) is 24.3 Å². The zero-order valence-corrected chi connectivity index (χ0v) is 13.5. The summed E-state index contributed by atoms with van der Waals surface area (Å²) in [5.41, 5.74) is 3.16. The highest BCUT2D eigenvalue weighted by Gasteiger charge is 2.09. The van der Waals surface area contributed by atoms with Gasteiger partial charge in [0.25, 0.3) is 0 Å². The summed E-state index contributed by atoms with van der Waals surface area (Å²) in [6, 6.07) is 15.8. The van der Waals surface area contributed by atoms with Crippen LogP contribution in [0.15, 0.2) is 53.0 Å². The first-order valence-corrected chi connectivity index (χ1v) is 7.56. The Hall–Kier alpha value is -1.65. The minimum absolute atomic E-state index is 0.0685. The normalized spacial score (nSPS) is 10.8. The molecule has 0 aromatic heterocycles. The van der Waals surface area contributed by atoms with Gasteiger partial charge in [0, 0.05) is 17.6 Å². The van der Waals surface area contributed by atoms with E-state index < -0.39 is 5.97 Å². The lowest BCUT2D eigenvalue weighted by molar-refractivity contribution is -0.136. The number of halogens is 1. The Morgan fingerprint density at radius 3 is 2.14 bits per heavy atom. The minimum Gasteiger partial charge on any atom is -0.481 e. The quantitative estimate of drug-likeness (QED) is 0.865. The maximum Gasteiger partial charge on any atom is 0.307 e. The zero-order valence-electron chi connectivity index (χ0n) is 11.9. The first kappa shape index (κ1) is 15.7. The summed E-state index contributed by atoms with van der Waals surface area (Å²) in [6.07, 6.45) is 0.0685. The predicted octanol–water partition coefficient (Wildman–Crippen LogP) is 3.71. The van der Waals surface area contributed by atoms with Crippen LogP contribution >= 0.6 is 15.9 Å². The van der Waals surface area contributed by atoms with Crippen LogP contribution in [0.25, 0.3) is 0 Å². The van der Waals surface area contributed by atoms with Gasteiger partial charge in [0.2, 0.25) is 0 Å². The maximum atomic E-state index is 10.9. The molecule has 3 nitrogen and oxygen atoms in total. The Morgan fingerprint density at radius 1 is 1.00 bits per heavy atom. The fourth-order valence-corrected chi connectivity index (χ4v) is 2.72. The standard InChI is InChI=1S/C17H18BrNO2/c1-19(12-15-8-4-5-9-16(15)18)11-14-7-3-2-6-13(14)10-17(20)21/h2-9H,10-12H2,1H3,(H,20,21). The number of hydrogen-bond acceptors (Lipinski definition) is 2. The van der Waals surface area contributed by atoms with Crippen molar-refractivity contribution in [3.8, 4) is 0 Å². The van der Waals surface area contributed by atoms with Crippen molar-refractivity contribution in [2.24, 2.45) is 0 Å². The second-order valence-electron chi connectivity index (χ2n) is 5.10. The van der Waals surface area contributed by atoms with Crippen LogP contribution in [0, 0.1) is 0 Å². The van der Waals surface area contributed by atoms with Crippen LogP contribution in [0.1, 0.15) is 16.7 Å². The number of rotatable bonds is 6. The molecule has 0 radical (unpaired) electrons. The summed E-state index contributed by atoms with van der Waals surface area (Å²) in [6.45, 7) is 1.54. The molecule has 2 aromatic rings. The van der Waals surface area contributed by atoms with Crippen molar-refractivity contribution in [1.82, 2.24) is 4.90 Å². The van der Waals surface area contributed by atoms with E-state index in [1.165, 1.54) is 5.56 Å². The number of carbonyl (C=O) groups is 1. The molecule has 0 aliphatic rings. The lowest BCUT2D eigenvalue weighted by atomic mass is 10.0. The van der Waals surface area contributed by atoms with Gasteiger partial charge in [-0.15, -0.1) is 0 Å². The lowest BCUT2D eigenvalue weighted by Crippen LogP contribution is -2.19. The van der Waals surface area contributed by atoms with Crippen molar-refractivity contribution in [3.63, 3.8) is 0 Å². The molecule has 1 N–H and O–H groups in total. The summed E-state index contributed by atoms with van der Waals surface area (Å²) >= 11 is 3.55. The largest absolute Gasteiger partial charge is 0.481 e. The molecule has 2 aromatic carbocycles. The van der Waals surface area contributed by atoms with Gasteiger partial charge in [0.05, 0.1) is 6.42 Å². The van der Waals surface area contributed by atoms with Gasteiger partial charge in [-0.25, -0.2) is 0 Å². The molecule has 0 aliphatic carbocycles. The summed E-state index contributed by atoms with van der Waals surface area (Å²) in [5, 5.41) is 8.98. The SMILES string of the molecule is CN(Cc1ccccc1Br)Cc1ccccc1CC(=O)O. The fourth-order valence-electron chi connectivity index (χ4n) is 2.31. The molecule has 0 fully saturated rings. The molecule has 4 heteroatoms. The third-order valence-electron chi connectivity index (χ3n) is 3.30. The van der Waals surface area contributed by atoms with E-state index in [4.69, 9.17) is 5.11 Å². The topological polar surface area (TPSA) is 40.5 Å². The number of carboxylic acid groups (broad SMARTS) is 1. The third-order valence-corrected chi connectivity index (χ3v) is 4.07. The van der Waals surface area contributed by atoms with Crippen LogP contribution in [0.4, 0.5) is 0 Å². The molecular weight excluding hydrogens is 330 g/mol. The molecule has 0 aliphatic heterocycles. The molecule has 0 saturated heterocycles. The Labute approximate surface area is 133 Å². The van der Waals surface area contributed by atoms with E-state index in [0.717, 1.165) is 28.7 Å². The highest BCUT2D eigenvalue weighted by molar-refractivity contribution is 9.10. The van der Waals surface area contributed by atoms with Gasteiger partial charge in [-0.2, -0.15) is 0 Å². The Kier molecular flexibility index (Phi) is 5.53. The maximum absolute atomic E-state index is 10.9. The Bertz CT molecular complexity index is 628. The average molecular weight is 348 g/mol. The molecule has 0 atom stereocenters. The van der Waals surface area contributed by atoms with E-state index in [9.17, 15) is 4.79 Å². The van der Waals surface area contributed by atoms with Gasteiger partial charge in [-0.1, -0.05) is 58.4 Å². The highest BCUT2D eigenvalue weighted by atomic mass is 79.9. The number of carboxylic acids is 1. The predicted molar refractivity (Wildman–Crippen MR) is 87.1 cm³/mol. The van der Waals surface area contributed by atoms with Crippen molar-refractivity contribution in [1.29, 1.82) is 0 Å². The van der Waals surface area contributed by atoms with Crippen molar-refractivity contribution >= 4 is 21.9 Å². The Balaban J connectivity index is 2.08. The average Bonchev–Trinajstić information content (AvgIpc) is 2.43. The van der Waals surface area contributed by atoms with Crippen LogP contribution < -0.4 is 0 Å². The molecule has 0 saturated carbocycles. The third kappa shape index (κ3) is 4.69. The van der Waals surface area contributed by atoms with Crippen LogP contribution in [0.2, 0.25) is 0 Å². The molecule has 0 amide bonds. The van der Waals surface area contributed by atoms with Crippen LogP contribution in [-0.4, -0.2) is 23.0 Å². The monoisotopic (exact) mass is 347 g/mol. The van der Waals surface area contributed by atoms with Crippen molar-refractivity contribution in [3.05, 3.63) is 69.7 Å². The summed E-state index contributed by atoms with van der Waals surface area (Å²) in [4.78, 5) is 13.1. The van der Waals surface area contributed by atoms with E-state index >= 15 is 0 Å². The molecule has 0 bridgehead atoms. The fraction of sp³-hybridized carbons (Fsp3) is 0.235. The van der Waals surface area contributed by atoms with Gasteiger partial charge in [-0.05, 0) is 29.8 Å². The smallest absolute Gasteiger partial charge is 0.307 e. The molecular formula is C17H18BrNO2. The van der Waals surface area contributed by atoms with E-state index in [1.54, 1.807) is 0 Å². The number of hydrogen-bond donors (Lipinski definition) is 1. The van der Waals surface area contributed by atoms with Gasteiger partial charge < -0.3 is 5.11 Å². The molecule has 21 heavy (non-hydrogen) atoms. The second-order valence-corrected chi connectivity index (χ2v) is 5.96.